The monoisotopic (exact) mass is 510 g/mol. The summed E-state index contributed by atoms with van der Waals surface area (Å²) in [7, 11) is 1.63. The fourth-order valence-corrected chi connectivity index (χ4v) is 3.86. The summed E-state index contributed by atoms with van der Waals surface area (Å²) in [5, 5.41) is 14.0. The predicted molar refractivity (Wildman–Crippen MR) is 143 cm³/mol. The molecule has 0 unspecified atom stereocenters. The van der Waals surface area contributed by atoms with Crippen LogP contribution in [0.4, 0.5) is 0 Å². The molecule has 8 nitrogen and oxygen atoms in total. The van der Waals surface area contributed by atoms with Gasteiger partial charge >= 0.3 is 0 Å². The Balaban J connectivity index is 1.33. The van der Waals surface area contributed by atoms with Gasteiger partial charge in [-0.15, -0.1) is 0 Å². The Morgan fingerprint density at radius 3 is 2.49 bits per heavy atom. The second-order valence-electron chi connectivity index (χ2n) is 8.17. The second kappa shape index (κ2) is 10.9. The Morgan fingerprint density at radius 1 is 1.00 bits per heavy atom. The lowest BCUT2D eigenvalue weighted by Crippen LogP contribution is -2.18. The molecule has 0 saturated heterocycles. The molecule has 5 aromatic rings. The van der Waals surface area contributed by atoms with Crippen LogP contribution in [0.2, 0.25) is 5.02 Å². The summed E-state index contributed by atoms with van der Waals surface area (Å²) < 4.78 is 8.74. The first-order chi connectivity index (χ1) is 18.1. The molecule has 184 valence electrons. The van der Waals surface area contributed by atoms with Crippen molar-refractivity contribution in [2.75, 3.05) is 7.11 Å². The standard InChI is InChI=1S/C28H23ClN6O2/c1-37-25-13-9-21(10-14-25)27-22(19-35(33-27)24-5-3-2-4-6-24)17-30-31-28(36)26-15-16-34(32-26)18-20-7-11-23(29)12-8-20/h2-17,19H,18H2,1H3,(H,31,36). The van der Waals surface area contributed by atoms with Gasteiger partial charge in [-0.05, 0) is 60.2 Å². The lowest BCUT2D eigenvalue weighted by Gasteiger charge is -2.03. The molecule has 0 atom stereocenters. The van der Waals surface area contributed by atoms with Crippen LogP contribution in [0.15, 0.2) is 102 Å². The molecule has 2 aromatic heterocycles. The van der Waals surface area contributed by atoms with E-state index in [-0.39, 0.29) is 5.69 Å². The topological polar surface area (TPSA) is 86.3 Å². The Hall–Kier alpha value is -4.69. The number of amides is 1. The molecule has 1 amide bonds. The molecule has 37 heavy (non-hydrogen) atoms. The summed E-state index contributed by atoms with van der Waals surface area (Å²) in [6.45, 7) is 0.525. The minimum atomic E-state index is -0.410. The zero-order chi connectivity index (χ0) is 25.6. The molecule has 0 bridgehead atoms. The maximum atomic E-state index is 12.6. The third-order valence-electron chi connectivity index (χ3n) is 5.63. The van der Waals surface area contributed by atoms with Crippen molar-refractivity contribution in [3.8, 4) is 22.7 Å². The van der Waals surface area contributed by atoms with Crippen molar-refractivity contribution in [1.82, 2.24) is 25.0 Å². The van der Waals surface area contributed by atoms with Crippen LogP contribution in [-0.2, 0) is 6.54 Å². The lowest BCUT2D eigenvalue weighted by molar-refractivity contribution is 0.0949. The van der Waals surface area contributed by atoms with Crippen molar-refractivity contribution in [1.29, 1.82) is 0 Å². The smallest absolute Gasteiger partial charge is 0.291 e. The number of hydrazone groups is 1. The first-order valence-corrected chi connectivity index (χ1v) is 11.9. The van der Waals surface area contributed by atoms with Gasteiger partial charge in [-0.1, -0.05) is 41.9 Å². The average Bonchev–Trinajstić information content (AvgIpc) is 3.58. The normalized spacial score (nSPS) is 11.1. The van der Waals surface area contributed by atoms with E-state index in [2.05, 4.69) is 15.6 Å². The Kier molecular flexibility index (Phi) is 7.09. The number of hydrogen-bond donors (Lipinski definition) is 1. The lowest BCUT2D eigenvalue weighted by atomic mass is 10.1. The highest BCUT2D eigenvalue weighted by Crippen LogP contribution is 2.25. The van der Waals surface area contributed by atoms with E-state index in [1.807, 2.05) is 85.1 Å². The minimum absolute atomic E-state index is 0.265. The number of hydrogen-bond acceptors (Lipinski definition) is 5. The molecule has 0 aliphatic carbocycles. The highest BCUT2D eigenvalue weighted by molar-refractivity contribution is 6.30. The molecular formula is C28H23ClN6O2. The van der Waals surface area contributed by atoms with Gasteiger partial charge in [0.2, 0.25) is 0 Å². The molecule has 0 fully saturated rings. The van der Waals surface area contributed by atoms with Gasteiger partial charge in [0.15, 0.2) is 5.69 Å². The average molecular weight is 511 g/mol. The van der Waals surface area contributed by atoms with E-state index in [1.165, 1.54) is 0 Å². The molecule has 0 saturated carbocycles. The van der Waals surface area contributed by atoms with Crippen LogP contribution in [0.1, 0.15) is 21.6 Å². The number of aromatic nitrogens is 4. The Bertz CT molecular complexity index is 1520. The van der Waals surface area contributed by atoms with E-state index in [0.29, 0.717) is 11.6 Å². The van der Waals surface area contributed by atoms with Crippen LogP contribution >= 0.6 is 11.6 Å². The highest BCUT2D eigenvalue weighted by atomic mass is 35.5. The van der Waals surface area contributed by atoms with E-state index in [4.69, 9.17) is 21.4 Å². The number of methoxy groups -OCH3 is 1. The molecule has 0 radical (unpaired) electrons. The number of carbonyl (C=O) groups excluding carboxylic acids is 1. The SMILES string of the molecule is COc1ccc(-c2nn(-c3ccccc3)cc2C=NNC(=O)c2ccn(Cc3ccc(Cl)cc3)n2)cc1. The Labute approximate surface area is 218 Å². The summed E-state index contributed by atoms with van der Waals surface area (Å²) in [6, 6.07) is 26.5. The summed E-state index contributed by atoms with van der Waals surface area (Å²) in [5.74, 6) is 0.344. The summed E-state index contributed by atoms with van der Waals surface area (Å²) >= 11 is 5.94. The van der Waals surface area contributed by atoms with Crippen LogP contribution < -0.4 is 10.2 Å². The number of benzene rings is 3. The molecule has 0 aliphatic rings. The molecule has 1 N–H and O–H groups in total. The second-order valence-corrected chi connectivity index (χ2v) is 8.60. The van der Waals surface area contributed by atoms with E-state index >= 15 is 0 Å². The van der Waals surface area contributed by atoms with Crippen LogP contribution in [0.25, 0.3) is 16.9 Å². The number of nitrogens with one attached hydrogen (secondary N) is 1. The minimum Gasteiger partial charge on any atom is -0.497 e. The van der Waals surface area contributed by atoms with Crippen molar-refractivity contribution in [3.63, 3.8) is 0 Å². The van der Waals surface area contributed by atoms with Gasteiger partial charge in [-0.25, -0.2) is 10.1 Å². The largest absolute Gasteiger partial charge is 0.497 e. The van der Waals surface area contributed by atoms with Gasteiger partial charge in [0, 0.05) is 28.5 Å². The summed E-state index contributed by atoms with van der Waals surface area (Å²) in [4.78, 5) is 12.6. The first-order valence-electron chi connectivity index (χ1n) is 11.5. The van der Waals surface area contributed by atoms with Crippen LogP contribution in [0.5, 0.6) is 5.75 Å². The maximum Gasteiger partial charge on any atom is 0.291 e. The number of carbonyl (C=O) groups is 1. The number of halogens is 1. The summed E-state index contributed by atoms with van der Waals surface area (Å²) in [5.41, 5.74) is 7.11. The molecule has 2 heterocycles. The van der Waals surface area contributed by atoms with E-state index in [9.17, 15) is 4.79 Å². The van der Waals surface area contributed by atoms with Crippen LogP contribution in [-0.4, -0.2) is 38.8 Å². The first kappa shape index (κ1) is 24.0. The molecule has 0 aliphatic heterocycles. The molecule has 9 heteroatoms. The van der Waals surface area contributed by atoms with E-state index in [0.717, 1.165) is 33.8 Å². The Morgan fingerprint density at radius 2 is 1.76 bits per heavy atom. The van der Waals surface area contributed by atoms with E-state index in [1.54, 1.807) is 35.0 Å². The maximum absolute atomic E-state index is 12.6. The van der Waals surface area contributed by atoms with Gasteiger partial charge in [0.05, 0.1) is 25.6 Å². The highest BCUT2D eigenvalue weighted by Gasteiger charge is 2.13. The van der Waals surface area contributed by atoms with E-state index < -0.39 is 5.91 Å². The summed E-state index contributed by atoms with van der Waals surface area (Å²) in [6.07, 6.45) is 5.19. The number of rotatable bonds is 8. The van der Waals surface area contributed by atoms with Gasteiger partial charge in [-0.3, -0.25) is 9.48 Å². The molecular weight excluding hydrogens is 488 g/mol. The fraction of sp³-hybridized carbons (Fsp3) is 0.0714. The van der Waals surface area contributed by atoms with Crippen LogP contribution in [0.3, 0.4) is 0 Å². The molecule has 5 rings (SSSR count). The zero-order valence-corrected chi connectivity index (χ0v) is 20.7. The number of ether oxygens (including phenoxy) is 1. The molecule has 3 aromatic carbocycles. The molecule has 0 spiro atoms. The van der Waals surface area contributed by atoms with Gasteiger partial charge in [0.1, 0.15) is 11.4 Å². The fourth-order valence-electron chi connectivity index (χ4n) is 3.73. The third kappa shape index (κ3) is 5.76. The van der Waals surface area contributed by atoms with Crippen molar-refractivity contribution < 1.29 is 9.53 Å². The van der Waals surface area contributed by atoms with Crippen LogP contribution in [0, 0.1) is 0 Å². The van der Waals surface area contributed by atoms with Crippen molar-refractivity contribution >= 4 is 23.7 Å². The van der Waals surface area contributed by atoms with Crippen molar-refractivity contribution in [2.24, 2.45) is 5.10 Å². The zero-order valence-electron chi connectivity index (χ0n) is 20.0. The third-order valence-corrected chi connectivity index (χ3v) is 5.88. The number of para-hydroxylation sites is 1. The van der Waals surface area contributed by atoms with Gasteiger partial charge in [-0.2, -0.15) is 15.3 Å². The van der Waals surface area contributed by atoms with Crippen molar-refractivity contribution in [2.45, 2.75) is 6.54 Å². The van der Waals surface area contributed by atoms with Gasteiger partial charge in [0.25, 0.3) is 5.91 Å². The van der Waals surface area contributed by atoms with Crippen molar-refractivity contribution in [3.05, 3.63) is 119 Å². The number of nitrogens with zero attached hydrogens (tertiary/aromatic N) is 5. The predicted octanol–water partition coefficient (Wildman–Crippen LogP) is 5.21. The van der Waals surface area contributed by atoms with Gasteiger partial charge < -0.3 is 4.74 Å². The quantitative estimate of drug-likeness (QED) is 0.229.